The zero-order chi connectivity index (χ0) is 20.0. The van der Waals surface area contributed by atoms with Crippen LogP contribution in [0, 0.1) is 0 Å². The van der Waals surface area contributed by atoms with Crippen molar-refractivity contribution in [3.05, 3.63) is 48.0 Å². The summed E-state index contributed by atoms with van der Waals surface area (Å²) in [5, 5.41) is 4.28. The molecule has 8 heteroatoms. The summed E-state index contributed by atoms with van der Waals surface area (Å²) in [6.45, 7) is 4.34. The molecule has 0 bridgehead atoms. The summed E-state index contributed by atoms with van der Waals surface area (Å²) in [6.07, 6.45) is 6.45. The number of carbonyl (C=O) groups is 1. The van der Waals surface area contributed by atoms with Crippen LogP contribution in [0.1, 0.15) is 35.1 Å². The molecule has 3 aromatic rings. The van der Waals surface area contributed by atoms with E-state index in [9.17, 15) is 4.79 Å². The van der Waals surface area contributed by atoms with Gasteiger partial charge in [0.25, 0.3) is 5.91 Å². The van der Waals surface area contributed by atoms with Crippen LogP contribution in [0.4, 0.5) is 5.82 Å². The highest BCUT2D eigenvalue weighted by atomic mass is 16.2. The number of imidazole rings is 1. The van der Waals surface area contributed by atoms with Crippen molar-refractivity contribution in [3.8, 4) is 0 Å². The van der Waals surface area contributed by atoms with Gasteiger partial charge >= 0.3 is 0 Å². The third-order valence-electron chi connectivity index (χ3n) is 6.13. The van der Waals surface area contributed by atoms with Crippen molar-refractivity contribution in [2.75, 3.05) is 44.7 Å². The fourth-order valence-electron chi connectivity index (χ4n) is 4.45. The highest BCUT2D eigenvalue weighted by Crippen LogP contribution is 2.28. The van der Waals surface area contributed by atoms with E-state index in [2.05, 4.69) is 50.7 Å². The predicted octanol–water partition coefficient (Wildman–Crippen LogP) is 1.80. The Morgan fingerprint density at radius 2 is 1.90 bits per heavy atom. The molecule has 0 saturated carbocycles. The average molecular weight is 393 g/mol. The molecule has 5 rings (SSSR count). The summed E-state index contributed by atoms with van der Waals surface area (Å²) < 4.78 is 3.87. The van der Waals surface area contributed by atoms with Gasteiger partial charge in [-0.3, -0.25) is 18.8 Å². The number of anilines is 1. The Bertz CT molecular complexity index is 1030. The van der Waals surface area contributed by atoms with Gasteiger partial charge in [0.15, 0.2) is 0 Å². The van der Waals surface area contributed by atoms with E-state index < -0.39 is 0 Å². The van der Waals surface area contributed by atoms with Crippen LogP contribution in [0.15, 0.2) is 36.7 Å². The molecule has 0 unspecified atom stereocenters. The maximum absolute atomic E-state index is 12.9. The molecule has 1 amide bonds. The summed E-state index contributed by atoms with van der Waals surface area (Å²) in [6, 6.07) is 8.17. The zero-order valence-corrected chi connectivity index (χ0v) is 17.0. The first kappa shape index (κ1) is 18.2. The molecule has 2 fully saturated rings. The van der Waals surface area contributed by atoms with Gasteiger partial charge in [0.05, 0.1) is 11.7 Å². The summed E-state index contributed by atoms with van der Waals surface area (Å²) in [4.78, 5) is 24.4. The number of pyridine rings is 1. The number of nitrogens with zero attached hydrogens (tertiary/aromatic N) is 7. The molecule has 0 radical (unpaired) electrons. The second-order valence-corrected chi connectivity index (χ2v) is 8.09. The molecular formula is C21H27N7O. The van der Waals surface area contributed by atoms with Crippen molar-refractivity contribution in [1.29, 1.82) is 0 Å². The van der Waals surface area contributed by atoms with Crippen molar-refractivity contribution in [1.82, 2.24) is 29.0 Å². The van der Waals surface area contributed by atoms with Gasteiger partial charge < -0.3 is 9.80 Å². The Hall–Kier alpha value is -2.87. The standard InChI is InChI=1S/C21H27N7O/c1-24-12-13-27(21(29)16-8-11-25(2)23-16)15-18(24)17-14-28-19(22-17)6-5-7-20(28)26-9-3-4-10-26/h5-8,11,14,18H,3-4,9-10,12-13,15H2,1-2H3/t18-/m1/s1. The van der Waals surface area contributed by atoms with E-state index >= 15 is 0 Å². The molecule has 5 heterocycles. The number of aromatic nitrogens is 4. The number of likely N-dealkylation sites (N-methyl/N-ethyl adjacent to an activating group) is 1. The van der Waals surface area contributed by atoms with Crippen molar-refractivity contribution in [3.63, 3.8) is 0 Å². The topological polar surface area (TPSA) is 61.9 Å². The van der Waals surface area contributed by atoms with Gasteiger partial charge in [0, 0.05) is 52.2 Å². The van der Waals surface area contributed by atoms with E-state index in [1.54, 1.807) is 10.7 Å². The number of rotatable bonds is 3. The first-order chi connectivity index (χ1) is 14.1. The SMILES string of the molecule is CN1CCN(C(=O)c2ccn(C)n2)C[C@@H]1c1cn2c(N3CCCC3)cccc2n1. The molecule has 0 aliphatic carbocycles. The average Bonchev–Trinajstić information content (AvgIpc) is 3.47. The third-order valence-corrected chi connectivity index (χ3v) is 6.13. The summed E-state index contributed by atoms with van der Waals surface area (Å²) in [5.74, 6) is 1.20. The smallest absolute Gasteiger partial charge is 0.274 e. The summed E-state index contributed by atoms with van der Waals surface area (Å²) >= 11 is 0. The molecule has 29 heavy (non-hydrogen) atoms. The molecule has 0 spiro atoms. The number of amides is 1. The fraction of sp³-hybridized carbons (Fsp3) is 0.476. The fourth-order valence-corrected chi connectivity index (χ4v) is 4.45. The minimum atomic E-state index is -0.00906. The van der Waals surface area contributed by atoms with Gasteiger partial charge in [-0.2, -0.15) is 5.10 Å². The lowest BCUT2D eigenvalue weighted by Gasteiger charge is -2.38. The molecule has 2 aliphatic rings. The quantitative estimate of drug-likeness (QED) is 0.679. The summed E-state index contributed by atoms with van der Waals surface area (Å²) in [7, 11) is 3.94. The number of hydrogen-bond donors (Lipinski definition) is 0. The normalized spacial score (nSPS) is 20.7. The van der Waals surface area contributed by atoms with Gasteiger partial charge in [-0.15, -0.1) is 0 Å². The Balaban J connectivity index is 1.43. The van der Waals surface area contributed by atoms with E-state index in [-0.39, 0.29) is 11.9 Å². The lowest BCUT2D eigenvalue weighted by atomic mass is 10.1. The lowest BCUT2D eigenvalue weighted by Crippen LogP contribution is -2.49. The maximum Gasteiger partial charge on any atom is 0.274 e. The second kappa shape index (κ2) is 7.18. The van der Waals surface area contributed by atoms with Gasteiger partial charge in [0.1, 0.15) is 17.2 Å². The van der Waals surface area contributed by atoms with Crippen LogP contribution in [-0.4, -0.2) is 74.6 Å². The molecule has 0 aromatic carbocycles. The number of carbonyl (C=O) groups excluding carboxylic acids is 1. The first-order valence-corrected chi connectivity index (χ1v) is 10.3. The number of piperazine rings is 1. The van der Waals surface area contributed by atoms with Crippen LogP contribution in [0.5, 0.6) is 0 Å². The maximum atomic E-state index is 12.9. The molecule has 8 nitrogen and oxygen atoms in total. The largest absolute Gasteiger partial charge is 0.358 e. The van der Waals surface area contributed by atoms with E-state index in [1.165, 1.54) is 18.7 Å². The van der Waals surface area contributed by atoms with Crippen molar-refractivity contribution in [2.24, 2.45) is 7.05 Å². The second-order valence-electron chi connectivity index (χ2n) is 8.09. The lowest BCUT2D eigenvalue weighted by molar-refractivity contribution is 0.0534. The Kier molecular flexibility index (Phi) is 4.50. The van der Waals surface area contributed by atoms with E-state index in [4.69, 9.17) is 4.98 Å². The van der Waals surface area contributed by atoms with E-state index in [0.29, 0.717) is 18.8 Å². The van der Waals surface area contributed by atoms with E-state index in [0.717, 1.165) is 31.0 Å². The molecule has 2 aliphatic heterocycles. The zero-order valence-electron chi connectivity index (χ0n) is 17.0. The summed E-state index contributed by atoms with van der Waals surface area (Å²) in [5.41, 5.74) is 2.48. The highest BCUT2D eigenvalue weighted by molar-refractivity contribution is 5.92. The predicted molar refractivity (Wildman–Crippen MR) is 111 cm³/mol. The molecule has 2 saturated heterocycles. The number of hydrogen-bond acceptors (Lipinski definition) is 5. The van der Waals surface area contributed by atoms with Gasteiger partial charge in [-0.05, 0) is 38.1 Å². The van der Waals surface area contributed by atoms with Crippen molar-refractivity contribution < 1.29 is 4.79 Å². The van der Waals surface area contributed by atoms with Crippen LogP contribution in [0.2, 0.25) is 0 Å². The van der Waals surface area contributed by atoms with Crippen molar-refractivity contribution >= 4 is 17.4 Å². The number of fused-ring (bicyclic) bond motifs is 1. The van der Waals surface area contributed by atoms with Crippen LogP contribution >= 0.6 is 0 Å². The van der Waals surface area contributed by atoms with Gasteiger partial charge in [-0.1, -0.05) is 6.07 Å². The first-order valence-electron chi connectivity index (χ1n) is 10.3. The van der Waals surface area contributed by atoms with Crippen LogP contribution in [0.3, 0.4) is 0 Å². The van der Waals surface area contributed by atoms with Gasteiger partial charge in [0.2, 0.25) is 0 Å². The molecule has 3 aromatic heterocycles. The van der Waals surface area contributed by atoms with Crippen LogP contribution in [-0.2, 0) is 7.05 Å². The Labute approximate surface area is 170 Å². The molecule has 1 atom stereocenters. The molecule has 152 valence electrons. The minimum Gasteiger partial charge on any atom is -0.358 e. The van der Waals surface area contributed by atoms with Crippen molar-refractivity contribution in [2.45, 2.75) is 18.9 Å². The monoisotopic (exact) mass is 393 g/mol. The van der Waals surface area contributed by atoms with E-state index in [1.807, 2.05) is 18.1 Å². The molecular weight excluding hydrogens is 366 g/mol. The van der Waals surface area contributed by atoms with Gasteiger partial charge in [-0.25, -0.2) is 4.98 Å². The van der Waals surface area contributed by atoms with Crippen LogP contribution < -0.4 is 4.90 Å². The van der Waals surface area contributed by atoms with Crippen LogP contribution in [0.25, 0.3) is 5.65 Å². The third kappa shape index (κ3) is 3.27. The highest BCUT2D eigenvalue weighted by Gasteiger charge is 2.31. The Morgan fingerprint density at radius 3 is 2.66 bits per heavy atom. The molecule has 0 N–H and O–H groups in total. The Morgan fingerprint density at radius 1 is 1.07 bits per heavy atom. The number of aryl methyl sites for hydroxylation is 1. The minimum absolute atomic E-state index is 0.00906.